The maximum Gasteiger partial charge on any atom is 0.269 e. The van der Waals surface area contributed by atoms with E-state index in [1.165, 1.54) is 11.3 Å². The fourth-order valence-electron chi connectivity index (χ4n) is 2.21. The molecule has 0 bridgehead atoms. The number of anilines is 1. The van der Waals surface area contributed by atoms with Gasteiger partial charge in [0.25, 0.3) is 5.91 Å². The third kappa shape index (κ3) is 2.98. The monoisotopic (exact) mass is 375 g/mol. The molecule has 0 radical (unpaired) electrons. The van der Waals surface area contributed by atoms with Crippen molar-refractivity contribution in [3.63, 3.8) is 0 Å². The fraction of sp³-hybridized carbons (Fsp3) is 0.125. The van der Waals surface area contributed by atoms with Crippen LogP contribution in [0.2, 0.25) is 0 Å². The summed E-state index contributed by atoms with van der Waals surface area (Å²) in [4.78, 5) is 16.7. The molecule has 1 aromatic heterocycles. The van der Waals surface area contributed by atoms with Crippen molar-refractivity contribution in [3.8, 4) is 0 Å². The van der Waals surface area contributed by atoms with Gasteiger partial charge in [0, 0.05) is 10.0 Å². The molecule has 0 aliphatic carbocycles. The molecule has 0 spiro atoms. The number of carbonyl (C=O) groups is 1. The van der Waals surface area contributed by atoms with Crippen LogP contribution in [0.15, 0.2) is 40.9 Å². The molecule has 6 heteroatoms. The lowest BCUT2D eigenvalue weighted by Crippen LogP contribution is -2.29. The van der Waals surface area contributed by atoms with Crippen LogP contribution in [0.4, 0.5) is 5.13 Å². The Morgan fingerprint density at radius 1 is 1.23 bits per heavy atom. The molecular formula is C16H14BrN3OS. The maximum atomic E-state index is 12.2. The maximum absolute atomic E-state index is 12.2. The van der Waals surface area contributed by atoms with Crippen LogP contribution >= 0.6 is 27.3 Å². The van der Waals surface area contributed by atoms with Gasteiger partial charge in [-0.2, -0.15) is 0 Å². The number of rotatable bonds is 3. The van der Waals surface area contributed by atoms with Gasteiger partial charge in [-0.25, -0.2) is 4.98 Å². The number of benzene rings is 2. The SMILES string of the molecule is Cc1ccc(C(=O)NNc2nc3c(Br)cccc3s2)c(C)c1. The second-order valence-corrected chi connectivity index (χ2v) is 6.89. The number of para-hydroxylation sites is 1. The van der Waals surface area contributed by atoms with Crippen LogP contribution in [0.25, 0.3) is 10.2 Å². The number of thiazole rings is 1. The zero-order valence-electron chi connectivity index (χ0n) is 12.1. The molecule has 112 valence electrons. The number of carbonyl (C=O) groups excluding carboxylic acids is 1. The molecule has 4 nitrogen and oxygen atoms in total. The van der Waals surface area contributed by atoms with Gasteiger partial charge in [0.2, 0.25) is 5.13 Å². The molecule has 2 aromatic carbocycles. The largest absolute Gasteiger partial charge is 0.273 e. The van der Waals surface area contributed by atoms with E-state index in [0.717, 1.165) is 25.8 Å². The van der Waals surface area contributed by atoms with Crippen molar-refractivity contribution in [1.82, 2.24) is 10.4 Å². The third-order valence-electron chi connectivity index (χ3n) is 3.28. The van der Waals surface area contributed by atoms with Gasteiger partial charge in [-0.05, 0) is 53.5 Å². The second-order valence-electron chi connectivity index (χ2n) is 5.00. The Bertz CT molecular complexity index is 860. The number of hydrogen-bond acceptors (Lipinski definition) is 4. The molecule has 3 aromatic rings. The van der Waals surface area contributed by atoms with Crippen LogP contribution in [0, 0.1) is 13.8 Å². The number of amides is 1. The van der Waals surface area contributed by atoms with Crippen LogP contribution in [0.3, 0.4) is 0 Å². The van der Waals surface area contributed by atoms with Gasteiger partial charge < -0.3 is 0 Å². The van der Waals surface area contributed by atoms with Crippen molar-refractivity contribution in [3.05, 3.63) is 57.6 Å². The Morgan fingerprint density at radius 3 is 2.77 bits per heavy atom. The molecule has 2 N–H and O–H groups in total. The molecule has 0 saturated heterocycles. The summed E-state index contributed by atoms with van der Waals surface area (Å²) in [5.74, 6) is -0.171. The summed E-state index contributed by atoms with van der Waals surface area (Å²) in [6, 6.07) is 11.6. The molecule has 0 atom stereocenters. The first kappa shape index (κ1) is 15.0. The molecule has 0 aliphatic rings. The number of hydrogen-bond donors (Lipinski definition) is 2. The highest BCUT2D eigenvalue weighted by Crippen LogP contribution is 2.30. The second kappa shape index (κ2) is 6.06. The predicted molar refractivity (Wildman–Crippen MR) is 94.3 cm³/mol. The summed E-state index contributed by atoms with van der Waals surface area (Å²) in [6.45, 7) is 3.93. The Labute approximate surface area is 140 Å². The van der Waals surface area contributed by atoms with E-state index >= 15 is 0 Å². The number of halogens is 1. The van der Waals surface area contributed by atoms with E-state index in [1.54, 1.807) is 0 Å². The van der Waals surface area contributed by atoms with Crippen molar-refractivity contribution >= 4 is 48.5 Å². The van der Waals surface area contributed by atoms with Crippen molar-refractivity contribution < 1.29 is 4.79 Å². The minimum Gasteiger partial charge on any atom is -0.273 e. The highest BCUT2D eigenvalue weighted by Gasteiger charge is 2.10. The van der Waals surface area contributed by atoms with E-state index in [-0.39, 0.29) is 5.91 Å². The minimum absolute atomic E-state index is 0.171. The summed E-state index contributed by atoms with van der Waals surface area (Å²) >= 11 is 4.96. The Kier molecular flexibility index (Phi) is 4.13. The first-order valence-electron chi connectivity index (χ1n) is 6.73. The first-order chi connectivity index (χ1) is 10.5. The van der Waals surface area contributed by atoms with Gasteiger partial charge in [0.15, 0.2) is 0 Å². The van der Waals surface area contributed by atoms with Crippen LogP contribution in [0.5, 0.6) is 0 Å². The lowest BCUT2D eigenvalue weighted by Gasteiger charge is -2.08. The lowest BCUT2D eigenvalue weighted by molar-refractivity contribution is 0.0962. The van der Waals surface area contributed by atoms with E-state index in [9.17, 15) is 4.79 Å². The molecule has 1 amide bonds. The van der Waals surface area contributed by atoms with Crippen molar-refractivity contribution in [1.29, 1.82) is 0 Å². The average molecular weight is 376 g/mol. The van der Waals surface area contributed by atoms with Crippen molar-refractivity contribution in [2.75, 3.05) is 5.43 Å². The third-order valence-corrected chi connectivity index (χ3v) is 4.86. The molecule has 22 heavy (non-hydrogen) atoms. The normalized spacial score (nSPS) is 10.7. The van der Waals surface area contributed by atoms with Gasteiger partial charge in [-0.1, -0.05) is 35.1 Å². The Balaban J connectivity index is 1.76. The number of aromatic nitrogens is 1. The first-order valence-corrected chi connectivity index (χ1v) is 8.34. The van der Waals surface area contributed by atoms with Crippen molar-refractivity contribution in [2.24, 2.45) is 0 Å². The van der Waals surface area contributed by atoms with E-state index in [2.05, 4.69) is 31.8 Å². The van der Waals surface area contributed by atoms with E-state index < -0.39 is 0 Å². The predicted octanol–water partition coefficient (Wildman–Crippen LogP) is 4.43. The Morgan fingerprint density at radius 2 is 2.05 bits per heavy atom. The summed E-state index contributed by atoms with van der Waals surface area (Å²) in [5.41, 5.74) is 9.21. The summed E-state index contributed by atoms with van der Waals surface area (Å²) in [7, 11) is 0. The Hall–Kier alpha value is -1.92. The quantitative estimate of drug-likeness (QED) is 0.665. The molecule has 0 fully saturated rings. The van der Waals surface area contributed by atoms with Crippen LogP contribution in [-0.4, -0.2) is 10.9 Å². The van der Waals surface area contributed by atoms with Crippen molar-refractivity contribution in [2.45, 2.75) is 13.8 Å². The molecule has 0 saturated carbocycles. The van der Waals surface area contributed by atoms with Gasteiger partial charge >= 0.3 is 0 Å². The van der Waals surface area contributed by atoms with Gasteiger partial charge in [0.1, 0.15) is 0 Å². The van der Waals surface area contributed by atoms with E-state index in [4.69, 9.17) is 0 Å². The van der Waals surface area contributed by atoms with E-state index in [0.29, 0.717) is 10.7 Å². The smallest absolute Gasteiger partial charge is 0.269 e. The van der Waals surface area contributed by atoms with Crippen LogP contribution in [-0.2, 0) is 0 Å². The molecule has 3 rings (SSSR count). The van der Waals surface area contributed by atoms with Gasteiger partial charge in [0.05, 0.1) is 10.2 Å². The number of nitrogens with zero attached hydrogens (tertiary/aromatic N) is 1. The summed E-state index contributed by atoms with van der Waals surface area (Å²) < 4.78 is 1.99. The topological polar surface area (TPSA) is 54.0 Å². The summed E-state index contributed by atoms with van der Waals surface area (Å²) in [6.07, 6.45) is 0. The van der Waals surface area contributed by atoms with Crippen LogP contribution < -0.4 is 10.9 Å². The van der Waals surface area contributed by atoms with E-state index in [1.807, 2.05) is 50.2 Å². The average Bonchev–Trinajstić information content (AvgIpc) is 2.89. The molecule has 0 unspecified atom stereocenters. The highest BCUT2D eigenvalue weighted by molar-refractivity contribution is 9.10. The number of hydrazine groups is 1. The van der Waals surface area contributed by atoms with Gasteiger partial charge in [-0.3, -0.25) is 15.6 Å². The highest BCUT2D eigenvalue weighted by atomic mass is 79.9. The minimum atomic E-state index is -0.171. The number of fused-ring (bicyclic) bond motifs is 1. The zero-order chi connectivity index (χ0) is 15.7. The summed E-state index contributed by atoms with van der Waals surface area (Å²) in [5, 5.41) is 0.653. The van der Waals surface area contributed by atoms with Gasteiger partial charge in [-0.15, -0.1) is 0 Å². The molecule has 1 heterocycles. The fourth-order valence-corrected chi connectivity index (χ4v) is 3.65. The number of aryl methyl sites for hydroxylation is 2. The number of nitrogens with one attached hydrogen (secondary N) is 2. The van der Waals surface area contributed by atoms with Crippen LogP contribution in [0.1, 0.15) is 21.5 Å². The zero-order valence-corrected chi connectivity index (χ0v) is 14.5. The lowest BCUT2D eigenvalue weighted by atomic mass is 10.1. The standard InChI is InChI=1S/C16H14BrN3OS/c1-9-6-7-11(10(2)8-9)15(21)19-20-16-18-14-12(17)4-3-5-13(14)22-16/h3-8H,1-2H3,(H,18,20)(H,19,21). The molecular weight excluding hydrogens is 362 g/mol. The molecule has 0 aliphatic heterocycles.